The van der Waals surface area contributed by atoms with Crippen LogP contribution in [0.5, 0.6) is 0 Å². The molecule has 0 aliphatic carbocycles. The summed E-state index contributed by atoms with van der Waals surface area (Å²) < 4.78 is 0. The van der Waals surface area contributed by atoms with Crippen molar-refractivity contribution in [1.29, 1.82) is 0 Å². The van der Waals surface area contributed by atoms with Gasteiger partial charge < -0.3 is 10.6 Å². The van der Waals surface area contributed by atoms with E-state index in [0.29, 0.717) is 5.56 Å². The number of benzene rings is 1. The van der Waals surface area contributed by atoms with Crippen molar-refractivity contribution in [2.75, 3.05) is 11.9 Å². The molecule has 0 fully saturated rings. The second-order valence-electron chi connectivity index (χ2n) is 4.38. The number of rotatable bonds is 6. The largest absolute Gasteiger partial charge is 0.385 e. The fourth-order valence-corrected chi connectivity index (χ4v) is 2.78. The summed E-state index contributed by atoms with van der Waals surface area (Å²) in [7, 11) is 0. The number of para-hydroxylation sites is 1. The highest BCUT2D eigenvalue weighted by Crippen LogP contribution is 2.21. The molecular formula is C15H19N3OS. The molecule has 0 radical (unpaired) electrons. The Balaban J connectivity index is 2.15. The lowest BCUT2D eigenvalue weighted by Crippen LogP contribution is -2.28. The molecule has 0 saturated carbocycles. The molecule has 0 aliphatic heterocycles. The van der Waals surface area contributed by atoms with E-state index in [9.17, 15) is 4.79 Å². The van der Waals surface area contributed by atoms with Gasteiger partial charge in [-0.1, -0.05) is 19.1 Å². The minimum absolute atomic E-state index is 0.0304. The molecule has 2 aromatic rings. The van der Waals surface area contributed by atoms with Crippen molar-refractivity contribution >= 4 is 22.9 Å². The van der Waals surface area contributed by atoms with E-state index < -0.39 is 0 Å². The summed E-state index contributed by atoms with van der Waals surface area (Å²) in [6.07, 6.45) is 2.59. The lowest BCUT2D eigenvalue weighted by Gasteiger charge is -2.16. The van der Waals surface area contributed by atoms with E-state index in [1.54, 1.807) is 17.5 Å². The molecule has 0 aliphatic rings. The fraction of sp³-hybridized carbons (Fsp3) is 0.333. The summed E-state index contributed by atoms with van der Waals surface area (Å²) in [6.45, 7) is 4.84. The van der Waals surface area contributed by atoms with Crippen molar-refractivity contribution < 1.29 is 4.79 Å². The molecule has 2 rings (SSSR count). The molecule has 1 aromatic heterocycles. The Morgan fingerprint density at radius 2 is 2.15 bits per heavy atom. The number of hydrogen-bond acceptors (Lipinski definition) is 4. The highest BCUT2D eigenvalue weighted by Gasteiger charge is 2.17. The molecule has 5 heteroatoms. The quantitative estimate of drug-likeness (QED) is 0.856. The molecule has 1 unspecified atom stereocenters. The van der Waals surface area contributed by atoms with Gasteiger partial charge in [0.1, 0.15) is 5.01 Å². The predicted molar refractivity (Wildman–Crippen MR) is 83.2 cm³/mol. The normalized spacial score (nSPS) is 11.9. The van der Waals surface area contributed by atoms with Crippen LogP contribution in [0.15, 0.2) is 35.8 Å². The average Bonchev–Trinajstić information content (AvgIpc) is 2.99. The summed E-state index contributed by atoms with van der Waals surface area (Å²) in [5.74, 6) is -0.0661. The van der Waals surface area contributed by atoms with Crippen molar-refractivity contribution in [2.45, 2.75) is 26.3 Å². The highest BCUT2D eigenvalue weighted by atomic mass is 32.1. The van der Waals surface area contributed by atoms with Gasteiger partial charge in [0, 0.05) is 23.8 Å². The van der Waals surface area contributed by atoms with Crippen molar-refractivity contribution in [3.63, 3.8) is 0 Å². The zero-order valence-electron chi connectivity index (χ0n) is 11.7. The zero-order chi connectivity index (χ0) is 14.4. The third-order valence-electron chi connectivity index (χ3n) is 3.00. The Morgan fingerprint density at radius 3 is 2.80 bits per heavy atom. The number of amides is 1. The number of nitrogens with one attached hydrogen (secondary N) is 2. The second-order valence-corrected chi connectivity index (χ2v) is 5.31. The van der Waals surface area contributed by atoms with Gasteiger partial charge >= 0.3 is 0 Å². The SMILES string of the molecule is CCNc1ccccc1C(=O)NC(CC)c1nccs1. The number of anilines is 1. The molecule has 1 heterocycles. The molecule has 4 nitrogen and oxygen atoms in total. The Hall–Kier alpha value is -1.88. The van der Waals surface area contributed by atoms with E-state index in [4.69, 9.17) is 0 Å². The third-order valence-corrected chi connectivity index (χ3v) is 3.89. The third kappa shape index (κ3) is 3.36. The number of aromatic nitrogens is 1. The monoisotopic (exact) mass is 289 g/mol. The first-order valence-corrected chi connectivity index (χ1v) is 7.67. The van der Waals surface area contributed by atoms with Gasteiger partial charge in [0.2, 0.25) is 0 Å². The van der Waals surface area contributed by atoms with Gasteiger partial charge in [-0.15, -0.1) is 11.3 Å². The molecule has 106 valence electrons. The van der Waals surface area contributed by atoms with E-state index in [1.165, 1.54) is 0 Å². The van der Waals surface area contributed by atoms with Crippen LogP contribution in [0, 0.1) is 0 Å². The summed E-state index contributed by atoms with van der Waals surface area (Å²) in [5.41, 5.74) is 1.53. The summed E-state index contributed by atoms with van der Waals surface area (Å²) >= 11 is 1.57. The van der Waals surface area contributed by atoms with Gasteiger partial charge in [-0.2, -0.15) is 0 Å². The predicted octanol–water partition coefficient (Wildman–Crippen LogP) is 3.46. The van der Waals surface area contributed by atoms with E-state index in [0.717, 1.165) is 23.7 Å². The smallest absolute Gasteiger partial charge is 0.253 e. The maximum atomic E-state index is 12.4. The van der Waals surface area contributed by atoms with Crippen LogP contribution in [0.4, 0.5) is 5.69 Å². The van der Waals surface area contributed by atoms with Crippen LogP contribution in [0.2, 0.25) is 0 Å². The summed E-state index contributed by atoms with van der Waals surface area (Å²) in [5, 5.41) is 9.14. The highest BCUT2D eigenvalue weighted by molar-refractivity contribution is 7.09. The molecule has 0 saturated heterocycles. The second kappa shape index (κ2) is 7.05. The van der Waals surface area contributed by atoms with Crippen molar-refractivity contribution in [3.05, 3.63) is 46.4 Å². The van der Waals surface area contributed by atoms with Gasteiger partial charge in [-0.3, -0.25) is 4.79 Å². The number of nitrogens with zero attached hydrogens (tertiary/aromatic N) is 1. The van der Waals surface area contributed by atoms with Crippen LogP contribution >= 0.6 is 11.3 Å². The van der Waals surface area contributed by atoms with Gasteiger partial charge in [0.05, 0.1) is 11.6 Å². The number of carbonyl (C=O) groups is 1. The molecule has 2 N–H and O–H groups in total. The standard InChI is InChI=1S/C15H19N3OS/c1-3-12(15-17-9-10-20-15)18-14(19)11-7-5-6-8-13(11)16-4-2/h5-10,12,16H,3-4H2,1-2H3,(H,18,19). The van der Waals surface area contributed by atoms with Gasteiger partial charge in [0.15, 0.2) is 0 Å². The first kappa shape index (κ1) is 14.5. The first-order valence-electron chi connectivity index (χ1n) is 6.79. The minimum Gasteiger partial charge on any atom is -0.385 e. The fourth-order valence-electron chi connectivity index (χ4n) is 2.01. The van der Waals surface area contributed by atoms with Crippen molar-refractivity contribution in [3.8, 4) is 0 Å². The topological polar surface area (TPSA) is 54.0 Å². The maximum absolute atomic E-state index is 12.4. The Kier molecular flexibility index (Phi) is 5.12. The van der Waals surface area contributed by atoms with Crippen LogP contribution < -0.4 is 10.6 Å². The summed E-state index contributed by atoms with van der Waals surface area (Å²) in [4.78, 5) is 16.7. The number of carbonyl (C=O) groups excluding carboxylic acids is 1. The summed E-state index contributed by atoms with van der Waals surface area (Å²) in [6, 6.07) is 7.52. The van der Waals surface area contributed by atoms with E-state index in [2.05, 4.69) is 15.6 Å². The Labute approximate surface area is 123 Å². The van der Waals surface area contributed by atoms with Crippen LogP contribution in [0.25, 0.3) is 0 Å². The molecule has 20 heavy (non-hydrogen) atoms. The minimum atomic E-state index is -0.0661. The molecular weight excluding hydrogens is 270 g/mol. The lowest BCUT2D eigenvalue weighted by atomic mass is 10.1. The molecule has 0 spiro atoms. The number of thiazole rings is 1. The molecule has 0 bridgehead atoms. The molecule has 1 amide bonds. The van der Waals surface area contributed by atoms with Crippen LogP contribution in [-0.2, 0) is 0 Å². The van der Waals surface area contributed by atoms with E-state index >= 15 is 0 Å². The van der Waals surface area contributed by atoms with Gasteiger partial charge in [0.25, 0.3) is 5.91 Å². The van der Waals surface area contributed by atoms with E-state index in [1.807, 2.05) is 43.5 Å². The van der Waals surface area contributed by atoms with Crippen LogP contribution in [0.3, 0.4) is 0 Å². The maximum Gasteiger partial charge on any atom is 0.253 e. The molecule has 1 aromatic carbocycles. The average molecular weight is 289 g/mol. The van der Waals surface area contributed by atoms with Crippen LogP contribution in [0.1, 0.15) is 41.7 Å². The zero-order valence-corrected chi connectivity index (χ0v) is 12.5. The first-order chi connectivity index (χ1) is 9.76. The lowest BCUT2D eigenvalue weighted by molar-refractivity contribution is 0.0936. The van der Waals surface area contributed by atoms with Crippen molar-refractivity contribution in [1.82, 2.24) is 10.3 Å². The Morgan fingerprint density at radius 1 is 1.35 bits per heavy atom. The van der Waals surface area contributed by atoms with Crippen LogP contribution in [-0.4, -0.2) is 17.4 Å². The van der Waals surface area contributed by atoms with Gasteiger partial charge in [-0.05, 0) is 25.5 Å². The van der Waals surface area contributed by atoms with Crippen molar-refractivity contribution in [2.24, 2.45) is 0 Å². The Bertz CT molecular complexity index is 554. The van der Waals surface area contributed by atoms with E-state index in [-0.39, 0.29) is 11.9 Å². The number of hydrogen-bond donors (Lipinski definition) is 2. The van der Waals surface area contributed by atoms with Gasteiger partial charge in [-0.25, -0.2) is 4.98 Å². The molecule has 1 atom stereocenters.